The first-order valence-electron chi connectivity index (χ1n) is 6.02. The van der Waals surface area contributed by atoms with E-state index in [4.69, 9.17) is 22.1 Å². The van der Waals surface area contributed by atoms with Gasteiger partial charge in [0.05, 0.1) is 0 Å². The minimum Gasteiger partial charge on any atom is -0.457 e. The first-order valence-corrected chi connectivity index (χ1v) is 6.40. The Morgan fingerprint density at radius 2 is 1.84 bits per heavy atom. The van der Waals surface area contributed by atoms with Crippen molar-refractivity contribution in [3.8, 4) is 11.5 Å². The summed E-state index contributed by atoms with van der Waals surface area (Å²) in [7, 11) is 0. The Labute approximate surface area is 117 Å². The second-order valence-corrected chi connectivity index (χ2v) is 4.71. The van der Waals surface area contributed by atoms with Gasteiger partial charge in [-0.1, -0.05) is 17.7 Å². The molecule has 2 aromatic carbocycles. The zero-order chi connectivity index (χ0) is 13.8. The van der Waals surface area contributed by atoms with Crippen molar-refractivity contribution in [2.45, 2.75) is 13.3 Å². The van der Waals surface area contributed by atoms with E-state index in [0.717, 1.165) is 12.0 Å². The molecule has 2 aromatic rings. The van der Waals surface area contributed by atoms with Gasteiger partial charge in [0.15, 0.2) is 0 Å². The Balaban J connectivity index is 2.19. The van der Waals surface area contributed by atoms with Crippen LogP contribution in [0.4, 0.5) is 4.39 Å². The Hall–Kier alpha value is -1.58. The van der Waals surface area contributed by atoms with Crippen LogP contribution in [0.2, 0.25) is 5.02 Å². The van der Waals surface area contributed by atoms with Crippen LogP contribution in [-0.4, -0.2) is 6.54 Å². The molecule has 0 aliphatic heterocycles. The van der Waals surface area contributed by atoms with E-state index in [2.05, 4.69) is 0 Å². The van der Waals surface area contributed by atoms with Gasteiger partial charge >= 0.3 is 0 Å². The molecule has 0 saturated carbocycles. The zero-order valence-corrected chi connectivity index (χ0v) is 11.4. The van der Waals surface area contributed by atoms with Crippen molar-refractivity contribution in [3.63, 3.8) is 0 Å². The van der Waals surface area contributed by atoms with Crippen LogP contribution < -0.4 is 10.5 Å². The van der Waals surface area contributed by atoms with E-state index in [-0.39, 0.29) is 5.82 Å². The maximum atomic E-state index is 13.2. The molecule has 4 heteroatoms. The maximum Gasteiger partial charge on any atom is 0.128 e. The van der Waals surface area contributed by atoms with Crippen molar-refractivity contribution in [3.05, 3.63) is 58.4 Å². The number of hydrogen-bond acceptors (Lipinski definition) is 2. The van der Waals surface area contributed by atoms with Crippen LogP contribution in [0.1, 0.15) is 11.1 Å². The average molecular weight is 280 g/mol. The van der Waals surface area contributed by atoms with Crippen LogP contribution in [0.25, 0.3) is 0 Å². The minimum absolute atomic E-state index is 0.247. The average Bonchev–Trinajstić information content (AvgIpc) is 2.37. The van der Waals surface area contributed by atoms with Crippen LogP contribution in [0, 0.1) is 12.7 Å². The number of aryl methyl sites for hydroxylation is 1. The molecule has 0 saturated heterocycles. The number of ether oxygens (including phenoxy) is 1. The van der Waals surface area contributed by atoms with E-state index >= 15 is 0 Å². The summed E-state index contributed by atoms with van der Waals surface area (Å²) in [6.45, 7) is 2.25. The van der Waals surface area contributed by atoms with Gasteiger partial charge in [-0.05, 0) is 61.3 Å². The van der Waals surface area contributed by atoms with Gasteiger partial charge in [-0.25, -0.2) is 4.39 Å². The third-order valence-electron chi connectivity index (χ3n) is 2.80. The normalized spacial score (nSPS) is 10.5. The maximum absolute atomic E-state index is 13.2. The first-order chi connectivity index (χ1) is 9.10. The van der Waals surface area contributed by atoms with E-state index in [1.54, 1.807) is 25.1 Å². The highest BCUT2D eigenvalue weighted by Crippen LogP contribution is 2.27. The summed E-state index contributed by atoms with van der Waals surface area (Å²) in [5.74, 6) is 0.960. The molecule has 0 radical (unpaired) electrons. The molecule has 2 rings (SSSR count). The molecule has 19 heavy (non-hydrogen) atoms. The predicted octanol–water partition coefficient (Wildman–Crippen LogP) is 4.08. The fourth-order valence-electron chi connectivity index (χ4n) is 1.77. The molecular formula is C15H15ClFNO. The Kier molecular flexibility index (Phi) is 4.40. The lowest BCUT2D eigenvalue weighted by Crippen LogP contribution is -2.03. The lowest BCUT2D eigenvalue weighted by Gasteiger charge is -2.09. The van der Waals surface area contributed by atoms with Crippen LogP contribution in [-0.2, 0) is 6.42 Å². The van der Waals surface area contributed by atoms with Crippen molar-refractivity contribution in [1.82, 2.24) is 0 Å². The fraction of sp³-hybridized carbons (Fsp3) is 0.200. The van der Waals surface area contributed by atoms with Gasteiger partial charge < -0.3 is 10.5 Å². The smallest absolute Gasteiger partial charge is 0.128 e. The molecule has 0 amide bonds. The van der Waals surface area contributed by atoms with Gasteiger partial charge in [0.1, 0.15) is 17.3 Å². The van der Waals surface area contributed by atoms with Gasteiger partial charge in [0.25, 0.3) is 0 Å². The molecule has 2 nitrogen and oxygen atoms in total. The van der Waals surface area contributed by atoms with Crippen LogP contribution >= 0.6 is 11.6 Å². The van der Waals surface area contributed by atoms with Gasteiger partial charge in [-0.2, -0.15) is 0 Å². The largest absolute Gasteiger partial charge is 0.457 e. The van der Waals surface area contributed by atoms with Crippen LogP contribution in [0.5, 0.6) is 11.5 Å². The van der Waals surface area contributed by atoms with Crippen LogP contribution in [0.15, 0.2) is 36.4 Å². The topological polar surface area (TPSA) is 35.2 Å². The summed E-state index contributed by atoms with van der Waals surface area (Å²) in [6.07, 6.45) is 0.731. The summed E-state index contributed by atoms with van der Waals surface area (Å²) in [5, 5.41) is 0.627. The Morgan fingerprint density at radius 3 is 2.47 bits per heavy atom. The van der Waals surface area contributed by atoms with Gasteiger partial charge in [-0.3, -0.25) is 0 Å². The van der Waals surface area contributed by atoms with E-state index in [0.29, 0.717) is 28.6 Å². The minimum atomic E-state index is -0.247. The lowest BCUT2D eigenvalue weighted by atomic mass is 10.1. The third-order valence-corrected chi connectivity index (χ3v) is 3.16. The lowest BCUT2D eigenvalue weighted by molar-refractivity contribution is 0.479. The number of hydrogen-bond donors (Lipinski definition) is 1. The Morgan fingerprint density at radius 1 is 1.16 bits per heavy atom. The summed E-state index contributed by atoms with van der Waals surface area (Å²) in [4.78, 5) is 0. The second-order valence-electron chi connectivity index (χ2n) is 4.30. The number of rotatable bonds is 4. The van der Waals surface area contributed by atoms with Crippen molar-refractivity contribution >= 4 is 11.6 Å². The summed E-state index contributed by atoms with van der Waals surface area (Å²) in [6, 6.07) is 10.1. The molecule has 0 atom stereocenters. The standard InChI is InChI=1S/C15H15ClFNO/c1-10-8-12(4-5-15(10)17)19-13-3-2-11(6-7-18)14(16)9-13/h2-5,8-9H,6-7,18H2,1H3. The predicted molar refractivity (Wildman–Crippen MR) is 75.4 cm³/mol. The van der Waals surface area contributed by atoms with Crippen LogP contribution in [0.3, 0.4) is 0 Å². The van der Waals surface area contributed by atoms with Crippen molar-refractivity contribution in [1.29, 1.82) is 0 Å². The third kappa shape index (κ3) is 3.46. The molecule has 0 aliphatic rings. The molecule has 0 aromatic heterocycles. The zero-order valence-electron chi connectivity index (χ0n) is 10.6. The van der Waals surface area contributed by atoms with E-state index in [1.807, 2.05) is 12.1 Å². The first kappa shape index (κ1) is 13.8. The van der Waals surface area contributed by atoms with Gasteiger partial charge in [0.2, 0.25) is 0 Å². The fourth-order valence-corrected chi connectivity index (χ4v) is 2.03. The SMILES string of the molecule is Cc1cc(Oc2ccc(CCN)c(Cl)c2)ccc1F. The second kappa shape index (κ2) is 6.04. The number of nitrogens with two attached hydrogens (primary N) is 1. The quantitative estimate of drug-likeness (QED) is 0.915. The van der Waals surface area contributed by atoms with E-state index < -0.39 is 0 Å². The number of benzene rings is 2. The summed E-state index contributed by atoms with van der Waals surface area (Å²) in [5.41, 5.74) is 7.03. The van der Waals surface area contributed by atoms with E-state index in [9.17, 15) is 4.39 Å². The van der Waals surface area contributed by atoms with Gasteiger partial charge in [-0.15, -0.1) is 0 Å². The highest BCUT2D eigenvalue weighted by Gasteiger charge is 2.05. The molecule has 0 bridgehead atoms. The molecule has 0 spiro atoms. The molecule has 0 unspecified atom stereocenters. The molecule has 0 aliphatic carbocycles. The van der Waals surface area contributed by atoms with Crippen molar-refractivity contribution in [2.75, 3.05) is 6.54 Å². The molecule has 0 fully saturated rings. The summed E-state index contributed by atoms with van der Waals surface area (Å²) >= 11 is 6.14. The molecular weight excluding hydrogens is 265 g/mol. The van der Waals surface area contributed by atoms with E-state index in [1.165, 1.54) is 6.07 Å². The molecule has 100 valence electrons. The highest BCUT2D eigenvalue weighted by atomic mass is 35.5. The summed E-state index contributed by atoms with van der Waals surface area (Å²) < 4.78 is 18.8. The van der Waals surface area contributed by atoms with Gasteiger partial charge in [0, 0.05) is 5.02 Å². The van der Waals surface area contributed by atoms with Crippen molar-refractivity contribution in [2.24, 2.45) is 5.73 Å². The molecule has 0 heterocycles. The highest BCUT2D eigenvalue weighted by molar-refractivity contribution is 6.31. The number of halogens is 2. The Bertz CT molecular complexity index is 586. The molecule has 2 N–H and O–H groups in total. The van der Waals surface area contributed by atoms with Crippen molar-refractivity contribution < 1.29 is 9.13 Å². The monoisotopic (exact) mass is 279 g/mol.